The summed E-state index contributed by atoms with van der Waals surface area (Å²) in [4.78, 5) is 23.1. The molecule has 3 rings (SSSR count). The van der Waals surface area contributed by atoms with Crippen LogP contribution in [0, 0.1) is 6.92 Å². The zero-order valence-corrected chi connectivity index (χ0v) is 14.0. The fourth-order valence-electron chi connectivity index (χ4n) is 2.40. The predicted octanol–water partition coefficient (Wildman–Crippen LogP) is 3.36. The Bertz CT molecular complexity index is 794. The van der Waals surface area contributed by atoms with Gasteiger partial charge >= 0.3 is 0 Å². The van der Waals surface area contributed by atoms with Crippen LogP contribution < -0.4 is 4.90 Å². The van der Waals surface area contributed by atoms with Crippen LogP contribution in [0.3, 0.4) is 0 Å². The molecule has 0 aliphatic rings. The molecule has 0 bridgehead atoms. The maximum atomic E-state index is 12.9. The van der Waals surface area contributed by atoms with Gasteiger partial charge in [-0.15, -0.1) is 11.3 Å². The maximum absolute atomic E-state index is 12.9. The molecule has 0 atom stereocenters. The lowest BCUT2D eigenvalue weighted by molar-refractivity contribution is 0.0980. The van der Waals surface area contributed by atoms with Gasteiger partial charge in [-0.2, -0.15) is 0 Å². The molecule has 1 amide bonds. The van der Waals surface area contributed by atoms with E-state index in [0.717, 1.165) is 16.4 Å². The highest BCUT2D eigenvalue weighted by Gasteiger charge is 2.21. The van der Waals surface area contributed by atoms with Crippen LogP contribution in [0.5, 0.6) is 0 Å². The Morgan fingerprint density at radius 3 is 2.74 bits per heavy atom. The quantitative estimate of drug-likeness (QED) is 0.722. The van der Waals surface area contributed by atoms with E-state index < -0.39 is 0 Å². The number of nitrogens with zero attached hydrogens (tertiary/aromatic N) is 4. The number of pyridine rings is 1. The highest BCUT2D eigenvalue weighted by atomic mass is 32.1. The lowest BCUT2D eigenvalue weighted by Gasteiger charge is -2.19. The van der Waals surface area contributed by atoms with Crippen molar-refractivity contribution in [2.75, 3.05) is 11.4 Å². The molecule has 0 saturated carbocycles. The number of thiazole rings is 1. The van der Waals surface area contributed by atoms with Crippen LogP contribution in [0.2, 0.25) is 0 Å². The second kappa shape index (κ2) is 6.75. The monoisotopic (exact) mass is 326 g/mol. The average molecular weight is 326 g/mol. The lowest BCUT2D eigenvalue weighted by Crippen LogP contribution is -2.32. The van der Waals surface area contributed by atoms with Crippen molar-refractivity contribution >= 4 is 22.4 Å². The summed E-state index contributed by atoms with van der Waals surface area (Å²) in [5, 5.41) is 2.70. The van der Waals surface area contributed by atoms with Crippen LogP contribution in [0.1, 0.15) is 28.7 Å². The van der Waals surface area contributed by atoms with Crippen molar-refractivity contribution in [1.82, 2.24) is 14.5 Å². The van der Waals surface area contributed by atoms with Crippen LogP contribution in [0.4, 0.5) is 5.13 Å². The van der Waals surface area contributed by atoms with Gasteiger partial charge in [0.2, 0.25) is 0 Å². The SMILES string of the molecule is CCN(C(=O)c1cccn1Cc1ccncc1)c1nc(C)cs1. The van der Waals surface area contributed by atoms with E-state index >= 15 is 0 Å². The minimum atomic E-state index is -0.0269. The molecule has 3 heterocycles. The van der Waals surface area contributed by atoms with Gasteiger partial charge in [-0.05, 0) is 43.7 Å². The van der Waals surface area contributed by atoms with Gasteiger partial charge in [-0.25, -0.2) is 4.98 Å². The number of amides is 1. The third-order valence-electron chi connectivity index (χ3n) is 3.55. The Hall–Kier alpha value is -2.47. The average Bonchev–Trinajstić information content (AvgIpc) is 3.18. The number of rotatable bonds is 5. The summed E-state index contributed by atoms with van der Waals surface area (Å²) in [6, 6.07) is 7.66. The molecule has 5 nitrogen and oxygen atoms in total. The first-order valence-corrected chi connectivity index (χ1v) is 8.35. The Balaban J connectivity index is 1.86. The minimum Gasteiger partial charge on any atom is -0.339 e. The number of carbonyl (C=O) groups excluding carboxylic acids is 1. The van der Waals surface area contributed by atoms with Crippen molar-refractivity contribution in [3.05, 3.63) is 65.2 Å². The Kier molecular flexibility index (Phi) is 4.52. The summed E-state index contributed by atoms with van der Waals surface area (Å²) in [5.41, 5.74) is 2.71. The zero-order valence-electron chi connectivity index (χ0n) is 13.1. The Morgan fingerprint density at radius 1 is 1.30 bits per heavy atom. The van der Waals surface area contributed by atoms with E-state index in [9.17, 15) is 4.79 Å². The molecule has 0 unspecified atom stereocenters. The number of aromatic nitrogens is 3. The van der Waals surface area contributed by atoms with E-state index in [4.69, 9.17) is 0 Å². The first-order chi connectivity index (χ1) is 11.2. The molecule has 0 radical (unpaired) electrons. The molecular formula is C17H18N4OS. The van der Waals surface area contributed by atoms with Gasteiger partial charge in [0.1, 0.15) is 5.69 Å². The van der Waals surface area contributed by atoms with Crippen molar-refractivity contribution < 1.29 is 4.79 Å². The van der Waals surface area contributed by atoms with Gasteiger partial charge in [0.05, 0.1) is 5.69 Å². The van der Waals surface area contributed by atoms with Crippen LogP contribution in [0.25, 0.3) is 0 Å². The number of aryl methyl sites for hydroxylation is 1. The highest BCUT2D eigenvalue weighted by molar-refractivity contribution is 7.14. The summed E-state index contributed by atoms with van der Waals surface area (Å²) in [5.74, 6) is -0.0269. The Morgan fingerprint density at radius 2 is 2.09 bits per heavy atom. The van der Waals surface area contributed by atoms with Gasteiger partial charge in [0.15, 0.2) is 5.13 Å². The molecule has 3 aromatic heterocycles. The number of anilines is 1. The molecule has 0 aliphatic carbocycles. The third kappa shape index (κ3) is 3.32. The van der Waals surface area contributed by atoms with E-state index in [1.54, 1.807) is 17.3 Å². The fraction of sp³-hybridized carbons (Fsp3) is 0.235. The van der Waals surface area contributed by atoms with Crippen molar-refractivity contribution in [2.24, 2.45) is 0 Å². The summed E-state index contributed by atoms with van der Waals surface area (Å²) in [6.07, 6.45) is 5.45. The molecule has 6 heteroatoms. The molecule has 0 spiro atoms. The van der Waals surface area contributed by atoms with Crippen LogP contribution >= 0.6 is 11.3 Å². The van der Waals surface area contributed by atoms with Crippen LogP contribution in [-0.2, 0) is 6.54 Å². The van der Waals surface area contributed by atoms with Crippen molar-refractivity contribution in [3.63, 3.8) is 0 Å². The summed E-state index contributed by atoms with van der Waals surface area (Å²) < 4.78 is 1.96. The summed E-state index contributed by atoms with van der Waals surface area (Å²) >= 11 is 1.49. The molecule has 0 aromatic carbocycles. The maximum Gasteiger partial charge on any atom is 0.276 e. The van der Waals surface area contributed by atoms with E-state index in [-0.39, 0.29) is 5.91 Å². The van der Waals surface area contributed by atoms with Gasteiger partial charge in [0, 0.05) is 37.1 Å². The standard InChI is InChI=1S/C17H18N4OS/c1-3-21(17-19-13(2)12-23-17)16(22)15-5-4-10-20(15)11-14-6-8-18-9-7-14/h4-10,12H,3,11H2,1-2H3. The first kappa shape index (κ1) is 15.4. The van der Waals surface area contributed by atoms with E-state index in [0.29, 0.717) is 18.8 Å². The van der Waals surface area contributed by atoms with E-state index in [1.165, 1.54) is 11.3 Å². The molecule has 0 fully saturated rings. The molecule has 118 valence electrons. The molecule has 0 saturated heterocycles. The smallest absolute Gasteiger partial charge is 0.276 e. The van der Waals surface area contributed by atoms with Crippen LogP contribution in [0.15, 0.2) is 48.2 Å². The number of carbonyl (C=O) groups is 1. The third-order valence-corrected chi connectivity index (χ3v) is 4.53. The largest absolute Gasteiger partial charge is 0.339 e. The van der Waals surface area contributed by atoms with E-state index in [1.807, 2.05) is 54.3 Å². The van der Waals surface area contributed by atoms with Gasteiger partial charge in [-0.3, -0.25) is 14.7 Å². The highest BCUT2D eigenvalue weighted by Crippen LogP contribution is 2.22. The molecule has 23 heavy (non-hydrogen) atoms. The predicted molar refractivity (Wildman–Crippen MR) is 92.0 cm³/mol. The number of hydrogen-bond donors (Lipinski definition) is 0. The van der Waals surface area contributed by atoms with Gasteiger partial charge < -0.3 is 4.57 Å². The summed E-state index contributed by atoms with van der Waals surface area (Å²) in [6.45, 7) is 5.13. The normalized spacial score (nSPS) is 10.7. The number of hydrogen-bond acceptors (Lipinski definition) is 4. The molecule has 0 N–H and O–H groups in total. The topological polar surface area (TPSA) is 51.0 Å². The van der Waals surface area contributed by atoms with E-state index in [2.05, 4.69) is 9.97 Å². The Labute approximate surface area is 139 Å². The fourth-order valence-corrected chi connectivity index (χ4v) is 3.27. The van der Waals surface area contributed by atoms with Crippen LogP contribution in [-0.4, -0.2) is 27.0 Å². The first-order valence-electron chi connectivity index (χ1n) is 7.47. The van der Waals surface area contributed by atoms with Crippen molar-refractivity contribution in [2.45, 2.75) is 20.4 Å². The van der Waals surface area contributed by atoms with Gasteiger partial charge in [0.25, 0.3) is 5.91 Å². The van der Waals surface area contributed by atoms with Crippen molar-refractivity contribution in [1.29, 1.82) is 0 Å². The second-order valence-corrected chi connectivity index (χ2v) is 6.03. The van der Waals surface area contributed by atoms with Crippen molar-refractivity contribution in [3.8, 4) is 0 Å². The minimum absolute atomic E-state index is 0.0269. The molecular weight excluding hydrogens is 308 g/mol. The second-order valence-electron chi connectivity index (χ2n) is 5.20. The zero-order chi connectivity index (χ0) is 16.2. The summed E-state index contributed by atoms with van der Waals surface area (Å²) in [7, 11) is 0. The van der Waals surface area contributed by atoms with Gasteiger partial charge in [-0.1, -0.05) is 0 Å². The molecule has 0 aliphatic heterocycles. The lowest BCUT2D eigenvalue weighted by atomic mass is 10.2. The molecule has 3 aromatic rings.